The summed E-state index contributed by atoms with van der Waals surface area (Å²) in [7, 11) is 1.67. The lowest BCUT2D eigenvalue weighted by atomic mass is 10.0. The van der Waals surface area contributed by atoms with Crippen LogP contribution in [0, 0.1) is 0 Å². The Balaban J connectivity index is 1.77. The zero-order valence-electron chi connectivity index (χ0n) is 15.2. The van der Waals surface area contributed by atoms with Gasteiger partial charge in [-0.2, -0.15) is 0 Å². The number of ether oxygens (including phenoxy) is 1. The van der Waals surface area contributed by atoms with E-state index < -0.39 is 6.04 Å². The maximum atomic E-state index is 12.0. The predicted octanol–water partition coefficient (Wildman–Crippen LogP) is 2.65. The number of nitrogens with two attached hydrogens (primary N) is 1. The minimum atomic E-state index is -0.487. The molecule has 5 nitrogen and oxygen atoms in total. The fourth-order valence-electron chi connectivity index (χ4n) is 3.59. The van der Waals surface area contributed by atoms with Crippen molar-refractivity contribution in [2.45, 2.75) is 24.9 Å². The van der Waals surface area contributed by atoms with Crippen molar-refractivity contribution in [2.75, 3.05) is 26.7 Å². The highest BCUT2D eigenvalue weighted by Crippen LogP contribution is 2.27. The van der Waals surface area contributed by atoms with E-state index in [-0.39, 0.29) is 11.9 Å². The minimum absolute atomic E-state index is 0.203. The third kappa shape index (κ3) is 4.42. The SMILES string of the molecule is COc1ccc([C@H](CN[C@H](C(N)=O)c2ccccc2)N2CCCC2)cc1. The molecule has 2 atom stereocenters. The Labute approximate surface area is 155 Å². The van der Waals surface area contributed by atoms with Gasteiger partial charge in [0.15, 0.2) is 0 Å². The molecule has 26 heavy (non-hydrogen) atoms. The standard InChI is InChI=1S/C21H27N3O2/c1-26-18-11-9-16(10-12-18)19(24-13-5-6-14-24)15-23-20(21(22)25)17-7-3-2-4-8-17/h2-4,7-12,19-20,23H,5-6,13-15H2,1H3,(H2,22,25)/t19-,20-/m0/s1. The van der Waals surface area contributed by atoms with Crippen molar-refractivity contribution in [2.24, 2.45) is 5.73 Å². The molecule has 3 N–H and O–H groups in total. The zero-order chi connectivity index (χ0) is 18.4. The van der Waals surface area contributed by atoms with E-state index in [1.165, 1.54) is 18.4 Å². The third-order valence-corrected chi connectivity index (χ3v) is 5.01. The summed E-state index contributed by atoms with van der Waals surface area (Å²) in [4.78, 5) is 14.5. The molecule has 5 heteroatoms. The van der Waals surface area contributed by atoms with Crippen LogP contribution in [0.3, 0.4) is 0 Å². The average molecular weight is 353 g/mol. The van der Waals surface area contributed by atoms with Gasteiger partial charge in [0.05, 0.1) is 7.11 Å². The van der Waals surface area contributed by atoms with E-state index in [2.05, 4.69) is 22.3 Å². The third-order valence-electron chi connectivity index (χ3n) is 5.01. The van der Waals surface area contributed by atoms with Crippen molar-refractivity contribution in [3.8, 4) is 5.75 Å². The summed E-state index contributed by atoms with van der Waals surface area (Å²) in [5.74, 6) is 0.493. The van der Waals surface area contributed by atoms with E-state index in [4.69, 9.17) is 10.5 Å². The van der Waals surface area contributed by atoms with E-state index >= 15 is 0 Å². The van der Waals surface area contributed by atoms with E-state index in [9.17, 15) is 4.79 Å². The number of likely N-dealkylation sites (tertiary alicyclic amines) is 1. The molecular formula is C21H27N3O2. The number of benzene rings is 2. The van der Waals surface area contributed by atoms with Gasteiger partial charge in [-0.05, 0) is 49.2 Å². The molecule has 1 aliphatic rings. The number of rotatable bonds is 8. The summed E-state index contributed by atoms with van der Waals surface area (Å²) in [6.07, 6.45) is 2.43. The molecule has 1 aliphatic heterocycles. The molecule has 1 saturated heterocycles. The van der Waals surface area contributed by atoms with Crippen molar-refractivity contribution in [3.63, 3.8) is 0 Å². The molecule has 0 aromatic heterocycles. The number of nitrogens with zero attached hydrogens (tertiary/aromatic N) is 1. The Morgan fingerprint density at radius 1 is 1.08 bits per heavy atom. The number of nitrogens with one attached hydrogen (secondary N) is 1. The molecule has 0 bridgehead atoms. The van der Waals surface area contributed by atoms with Crippen LogP contribution in [0.15, 0.2) is 54.6 Å². The van der Waals surface area contributed by atoms with Gasteiger partial charge < -0.3 is 15.8 Å². The molecule has 2 aromatic rings. The first-order valence-electron chi connectivity index (χ1n) is 9.14. The monoisotopic (exact) mass is 353 g/mol. The fourth-order valence-corrected chi connectivity index (χ4v) is 3.59. The summed E-state index contributed by atoms with van der Waals surface area (Å²) in [6, 6.07) is 17.5. The second-order valence-corrected chi connectivity index (χ2v) is 6.69. The van der Waals surface area contributed by atoms with Gasteiger partial charge in [0.2, 0.25) is 5.91 Å². The number of carbonyl (C=O) groups is 1. The van der Waals surface area contributed by atoms with E-state index in [1.807, 2.05) is 42.5 Å². The Hall–Kier alpha value is -2.37. The molecule has 0 spiro atoms. The molecule has 0 aliphatic carbocycles. The van der Waals surface area contributed by atoms with Gasteiger partial charge >= 0.3 is 0 Å². The first-order valence-corrected chi connectivity index (χ1v) is 9.14. The Kier molecular flexibility index (Phi) is 6.26. The maximum Gasteiger partial charge on any atom is 0.239 e. The Bertz CT molecular complexity index is 697. The van der Waals surface area contributed by atoms with Crippen molar-refractivity contribution in [3.05, 3.63) is 65.7 Å². The van der Waals surface area contributed by atoms with Crippen LogP contribution < -0.4 is 15.8 Å². The molecule has 1 heterocycles. The van der Waals surface area contributed by atoms with Gasteiger partial charge in [-0.15, -0.1) is 0 Å². The molecule has 0 radical (unpaired) electrons. The van der Waals surface area contributed by atoms with Gasteiger partial charge in [0.1, 0.15) is 11.8 Å². The average Bonchev–Trinajstić information content (AvgIpc) is 3.20. The Morgan fingerprint density at radius 3 is 2.31 bits per heavy atom. The molecule has 2 aromatic carbocycles. The Morgan fingerprint density at radius 2 is 1.73 bits per heavy atom. The van der Waals surface area contributed by atoms with Gasteiger partial charge in [-0.1, -0.05) is 42.5 Å². The van der Waals surface area contributed by atoms with Gasteiger partial charge in [-0.25, -0.2) is 0 Å². The van der Waals surface area contributed by atoms with Crippen LogP contribution in [-0.4, -0.2) is 37.6 Å². The number of hydrogen-bond donors (Lipinski definition) is 2. The van der Waals surface area contributed by atoms with E-state index in [0.717, 1.165) is 24.4 Å². The van der Waals surface area contributed by atoms with E-state index in [1.54, 1.807) is 7.11 Å². The first-order chi connectivity index (χ1) is 12.7. The summed E-state index contributed by atoms with van der Waals surface area (Å²) >= 11 is 0. The highest BCUT2D eigenvalue weighted by Gasteiger charge is 2.26. The van der Waals surface area contributed by atoms with Crippen LogP contribution in [-0.2, 0) is 4.79 Å². The number of hydrogen-bond acceptors (Lipinski definition) is 4. The van der Waals surface area contributed by atoms with Gasteiger partial charge in [-0.3, -0.25) is 9.69 Å². The molecular weight excluding hydrogens is 326 g/mol. The number of methoxy groups -OCH3 is 1. The summed E-state index contributed by atoms with van der Waals surface area (Å²) in [6.45, 7) is 2.81. The van der Waals surface area contributed by atoms with Crippen molar-refractivity contribution >= 4 is 5.91 Å². The molecule has 1 fully saturated rings. The zero-order valence-corrected chi connectivity index (χ0v) is 15.2. The normalized spacial score (nSPS) is 17.0. The maximum absolute atomic E-state index is 12.0. The number of carbonyl (C=O) groups excluding carboxylic acids is 1. The molecule has 3 rings (SSSR count). The van der Waals surface area contributed by atoms with Crippen LogP contribution in [0.1, 0.15) is 36.1 Å². The minimum Gasteiger partial charge on any atom is -0.497 e. The number of primary amides is 1. The summed E-state index contributed by atoms with van der Waals surface area (Å²) in [5, 5.41) is 3.39. The molecule has 0 unspecified atom stereocenters. The fraction of sp³-hybridized carbons (Fsp3) is 0.381. The van der Waals surface area contributed by atoms with Gasteiger partial charge in [0, 0.05) is 12.6 Å². The lowest BCUT2D eigenvalue weighted by Gasteiger charge is -2.30. The van der Waals surface area contributed by atoms with Crippen molar-refractivity contribution in [1.82, 2.24) is 10.2 Å². The van der Waals surface area contributed by atoms with Crippen LogP contribution >= 0.6 is 0 Å². The van der Waals surface area contributed by atoms with Crippen LogP contribution in [0.5, 0.6) is 5.75 Å². The number of amides is 1. The summed E-state index contributed by atoms with van der Waals surface area (Å²) in [5.41, 5.74) is 7.77. The largest absolute Gasteiger partial charge is 0.497 e. The lowest BCUT2D eigenvalue weighted by molar-refractivity contribution is -0.120. The van der Waals surface area contributed by atoms with Crippen molar-refractivity contribution in [1.29, 1.82) is 0 Å². The van der Waals surface area contributed by atoms with Crippen LogP contribution in [0.2, 0.25) is 0 Å². The first kappa shape index (κ1) is 18.4. The molecule has 0 saturated carbocycles. The quantitative estimate of drug-likeness (QED) is 0.766. The van der Waals surface area contributed by atoms with Crippen molar-refractivity contribution < 1.29 is 9.53 Å². The molecule has 138 valence electrons. The highest BCUT2D eigenvalue weighted by molar-refractivity contribution is 5.81. The lowest BCUT2D eigenvalue weighted by Crippen LogP contribution is -2.40. The van der Waals surface area contributed by atoms with Crippen LogP contribution in [0.25, 0.3) is 0 Å². The second-order valence-electron chi connectivity index (χ2n) is 6.69. The summed E-state index contributed by atoms with van der Waals surface area (Å²) < 4.78 is 5.27. The predicted molar refractivity (Wildman–Crippen MR) is 103 cm³/mol. The van der Waals surface area contributed by atoms with E-state index in [0.29, 0.717) is 6.54 Å². The van der Waals surface area contributed by atoms with Crippen LogP contribution in [0.4, 0.5) is 0 Å². The van der Waals surface area contributed by atoms with Gasteiger partial charge in [0.25, 0.3) is 0 Å². The smallest absolute Gasteiger partial charge is 0.239 e. The topological polar surface area (TPSA) is 67.6 Å². The highest BCUT2D eigenvalue weighted by atomic mass is 16.5. The second kappa shape index (κ2) is 8.83. The molecule has 1 amide bonds.